The van der Waals surface area contributed by atoms with Gasteiger partial charge in [-0.1, -0.05) is 12.1 Å². The van der Waals surface area contributed by atoms with Crippen molar-refractivity contribution in [1.82, 2.24) is 10.3 Å². The van der Waals surface area contributed by atoms with Crippen molar-refractivity contribution in [3.05, 3.63) is 35.5 Å². The first kappa shape index (κ1) is 15.5. The molecule has 0 amide bonds. The molecule has 0 unspecified atom stereocenters. The fraction of sp³-hybridized carbons (Fsp3) is 0.375. The molecule has 112 valence electrons. The third-order valence-corrected chi connectivity index (χ3v) is 3.74. The average Bonchev–Trinajstić information content (AvgIpc) is 2.81. The third-order valence-electron chi connectivity index (χ3n) is 2.67. The van der Waals surface area contributed by atoms with Crippen LogP contribution >= 0.6 is 11.3 Å². The molecule has 0 radical (unpaired) electrons. The number of benzene rings is 1. The molecule has 1 N–H and O–H groups in total. The van der Waals surface area contributed by atoms with E-state index in [0.717, 1.165) is 10.2 Å². The Morgan fingerprint density at radius 2 is 2.10 bits per heavy atom. The number of carbonyl (C=O) groups excluding carboxylic acids is 1. The van der Waals surface area contributed by atoms with E-state index in [1.807, 2.05) is 45.0 Å². The topological polar surface area (TPSA) is 51.2 Å². The molecule has 0 spiro atoms. The van der Waals surface area contributed by atoms with E-state index in [9.17, 15) is 4.79 Å². The van der Waals surface area contributed by atoms with Crippen LogP contribution in [0.25, 0.3) is 15.8 Å². The maximum absolute atomic E-state index is 12.2. The third kappa shape index (κ3) is 4.04. The van der Waals surface area contributed by atoms with Gasteiger partial charge in [-0.05, 0) is 39.8 Å². The van der Waals surface area contributed by atoms with Crippen LogP contribution in [0.1, 0.15) is 32.7 Å². The van der Waals surface area contributed by atoms with Gasteiger partial charge in [0.1, 0.15) is 10.6 Å². The molecule has 1 aromatic carbocycles. The Morgan fingerprint density at radius 1 is 1.38 bits per heavy atom. The van der Waals surface area contributed by atoms with Gasteiger partial charge in [-0.25, -0.2) is 9.78 Å². The molecule has 0 aliphatic carbocycles. The standard InChI is InChI=1S/C16H20N2O2S/c1-5-20-15(19)11(10-17-16(2,3)4)14-18-12-8-6-7-9-13(12)21-14/h6-10,17H,5H2,1-4H3/b11-10-. The van der Waals surface area contributed by atoms with Gasteiger partial charge in [0.15, 0.2) is 0 Å². The second kappa shape index (κ2) is 6.26. The molecule has 4 nitrogen and oxygen atoms in total. The first-order valence-electron chi connectivity index (χ1n) is 6.91. The van der Waals surface area contributed by atoms with Crippen LogP contribution in [0.2, 0.25) is 0 Å². The van der Waals surface area contributed by atoms with E-state index in [4.69, 9.17) is 4.74 Å². The molecule has 0 saturated heterocycles. The van der Waals surface area contributed by atoms with Gasteiger partial charge in [0.2, 0.25) is 0 Å². The smallest absolute Gasteiger partial charge is 0.342 e. The lowest BCUT2D eigenvalue weighted by molar-refractivity contribution is -0.136. The second-order valence-electron chi connectivity index (χ2n) is 5.66. The van der Waals surface area contributed by atoms with Crippen molar-refractivity contribution in [2.45, 2.75) is 33.2 Å². The zero-order valence-corrected chi connectivity index (χ0v) is 13.6. The highest BCUT2D eigenvalue weighted by atomic mass is 32.1. The van der Waals surface area contributed by atoms with Gasteiger partial charge < -0.3 is 10.1 Å². The SMILES string of the molecule is CCOC(=O)/C(=C\NC(C)(C)C)c1nc2ccccc2s1. The lowest BCUT2D eigenvalue weighted by Crippen LogP contribution is -2.32. The van der Waals surface area contributed by atoms with Crippen LogP contribution in [0.5, 0.6) is 0 Å². The summed E-state index contributed by atoms with van der Waals surface area (Å²) in [5, 5.41) is 3.88. The summed E-state index contributed by atoms with van der Waals surface area (Å²) in [5.41, 5.74) is 1.23. The maximum Gasteiger partial charge on any atom is 0.342 e. The minimum atomic E-state index is -0.353. The molecule has 0 aliphatic heterocycles. The van der Waals surface area contributed by atoms with Crippen molar-refractivity contribution in [3.8, 4) is 0 Å². The summed E-state index contributed by atoms with van der Waals surface area (Å²) in [6.45, 7) is 8.24. The molecule has 0 aliphatic rings. The summed E-state index contributed by atoms with van der Waals surface area (Å²) >= 11 is 1.49. The first-order valence-corrected chi connectivity index (χ1v) is 7.73. The summed E-state index contributed by atoms with van der Waals surface area (Å²) in [6, 6.07) is 7.84. The number of ether oxygens (including phenoxy) is 1. The van der Waals surface area contributed by atoms with Gasteiger partial charge in [-0.2, -0.15) is 0 Å². The number of esters is 1. The number of para-hydroxylation sites is 1. The molecule has 2 aromatic rings. The lowest BCUT2D eigenvalue weighted by Gasteiger charge is -2.19. The Balaban J connectivity index is 2.40. The molecule has 0 atom stereocenters. The van der Waals surface area contributed by atoms with E-state index < -0.39 is 0 Å². The van der Waals surface area contributed by atoms with Crippen LogP contribution < -0.4 is 5.32 Å². The second-order valence-corrected chi connectivity index (χ2v) is 6.69. The van der Waals surface area contributed by atoms with E-state index in [1.54, 1.807) is 13.1 Å². The van der Waals surface area contributed by atoms with Crippen LogP contribution in [0.3, 0.4) is 0 Å². The summed E-state index contributed by atoms with van der Waals surface area (Å²) < 4.78 is 6.19. The maximum atomic E-state index is 12.2. The summed E-state index contributed by atoms with van der Waals surface area (Å²) in [6.07, 6.45) is 1.70. The predicted octanol–water partition coefficient (Wildman–Crippen LogP) is 3.59. The number of hydrogen-bond donors (Lipinski definition) is 1. The molecule has 0 saturated carbocycles. The number of aromatic nitrogens is 1. The molecule has 5 heteroatoms. The molecular formula is C16H20N2O2S. The lowest BCUT2D eigenvalue weighted by atomic mass is 10.1. The molecule has 2 rings (SSSR count). The minimum absolute atomic E-state index is 0.131. The van der Waals surface area contributed by atoms with Crippen LogP contribution in [0.4, 0.5) is 0 Å². The van der Waals surface area contributed by atoms with Gasteiger partial charge in [0.05, 0.1) is 16.8 Å². The molecule has 21 heavy (non-hydrogen) atoms. The van der Waals surface area contributed by atoms with Gasteiger partial charge in [0, 0.05) is 11.7 Å². The Hall–Kier alpha value is -1.88. The Morgan fingerprint density at radius 3 is 2.71 bits per heavy atom. The van der Waals surface area contributed by atoms with Gasteiger partial charge >= 0.3 is 5.97 Å². The van der Waals surface area contributed by atoms with Gasteiger partial charge in [0.25, 0.3) is 0 Å². The highest BCUT2D eigenvalue weighted by Gasteiger charge is 2.19. The van der Waals surface area contributed by atoms with Gasteiger partial charge in [-0.3, -0.25) is 0 Å². The predicted molar refractivity (Wildman–Crippen MR) is 87.1 cm³/mol. The number of nitrogens with one attached hydrogen (secondary N) is 1. The van der Waals surface area contributed by atoms with E-state index >= 15 is 0 Å². The molecular weight excluding hydrogens is 284 g/mol. The zero-order chi connectivity index (χ0) is 15.5. The van der Waals surface area contributed by atoms with Crippen molar-refractivity contribution in [1.29, 1.82) is 0 Å². The van der Waals surface area contributed by atoms with Crippen molar-refractivity contribution < 1.29 is 9.53 Å². The number of hydrogen-bond acceptors (Lipinski definition) is 5. The van der Waals surface area contributed by atoms with Crippen LogP contribution in [-0.2, 0) is 9.53 Å². The Bertz CT molecular complexity index is 635. The molecule has 1 heterocycles. The largest absolute Gasteiger partial charge is 0.462 e. The van der Waals surface area contributed by atoms with E-state index in [-0.39, 0.29) is 11.5 Å². The van der Waals surface area contributed by atoms with Crippen LogP contribution in [0, 0.1) is 0 Å². The Kier molecular flexibility index (Phi) is 4.63. The van der Waals surface area contributed by atoms with Crippen molar-refractivity contribution in [3.63, 3.8) is 0 Å². The quantitative estimate of drug-likeness (QED) is 0.693. The molecule has 0 fully saturated rings. The highest BCUT2D eigenvalue weighted by Crippen LogP contribution is 2.27. The normalized spacial score (nSPS) is 12.5. The fourth-order valence-electron chi connectivity index (χ4n) is 1.69. The van der Waals surface area contributed by atoms with Crippen molar-refractivity contribution in [2.24, 2.45) is 0 Å². The number of rotatable bonds is 4. The van der Waals surface area contributed by atoms with E-state index in [2.05, 4.69) is 10.3 Å². The molecule has 0 bridgehead atoms. The van der Waals surface area contributed by atoms with Crippen LogP contribution in [0.15, 0.2) is 30.5 Å². The van der Waals surface area contributed by atoms with E-state index in [0.29, 0.717) is 17.2 Å². The average molecular weight is 304 g/mol. The Labute approximate surface area is 128 Å². The van der Waals surface area contributed by atoms with Crippen LogP contribution in [-0.4, -0.2) is 23.1 Å². The minimum Gasteiger partial charge on any atom is -0.462 e. The first-order chi connectivity index (χ1) is 9.90. The van der Waals surface area contributed by atoms with Crippen molar-refractivity contribution >= 4 is 33.1 Å². The highest BCUT2D eigenvalue weighted by molar-refractivity contribution is 7.19. The number of carbonyl (C=O) groups is 1. The van der Waals surface area contributed by atoms with Crippen molar-refractivity contribution in [2.75, 3.05) is 6.61 Å². The fourth-order valence-corrected chi connectivity index (χ4v) is 2.66. The number of thiazole rings is 1. The summed E-state index contributed by atoms with van der Waals surface area (Å²) in [4.78, 5) is 16.7. The van der Waals surface area contributed by atoms with E-state index in [1.165, 1.54) is 11.3 Å². The zero-order valence-electron chi connectivity index (χ0n) is 12.8. The summed E-state index contributed by atoms with van der Waals surface area (Å²) in [7, 11) is 0. The summed E-state index contributed by atoms with van der Waals surface area (Å²) in [5.74, 6) is -0.353. The monoisotopic (exact) mass is 304 g/mol. The number of fused-ring (bicyclic) bond motifs is 1. The number of nitrogens with zero attached hydrogens (tertiary/aromatic N) is 1. The molecule has 1 aromatic heterocycles. The van der Waals surface area contributed by atoms with Gasteiger partial charge in [-0.15, -0.1) is 11.3 Å².